The molecule has 11 heteroatoms. The van der Waals surface area contributed by atoms with Crippen LogP contribution in [0.15, 0.2) is 59.1 Å². The van der Waals surface area contributed by atoms with Crippen LogP contribution in [0.4, 0.5) is 17.1 Å². The molecule has 0 atom stereocenters. The van der Waals surface area contributed by atoms with E-state index in [1.54, 1.807) is 24.3 Å². The molecule has 1 fully saturated rings. The molecule has 0 bridgehead atoms. The van der Waals surface area contributed by atoms with Crippen molar-refractivity contribution >= 4 is 41.3 Å². The van der Waals surface area contributed by atoms with Crippen molar-refractivity contribution in [3.8, 4) is 17.1 Å². The predicted octanol–water partition coefficient (Wildman–Crippen LogP) is 3.66. The lowest BCUT2D eigenvalue weighted by molar-refractivity contribution is 0.104. The highest BCUT2D eigenvalue weighted by Gasteiger charge is 2.34. The fraction of sp³-hybridized carbons (Fsp3) is 0.231. The second-order valence-corrected chi connectivity index (χ2v) is 11.0. The van der Waals surface area contributed by atoms with Crippen LogP contribution in [0.1, 0.15) is 15.9 Å². The minimum atomic E-state index is -4.21. The third kappa shape index (κ3) is 4.23. The van der Waals surface area contributed by atoms with Gasteiger partial charge in [0.15, 0.2) is 11.5 Å². The topological polar surface area (TPSA) is 139 Å². The number of benzene rings is 3. The summed E-state index contributed by atoms with van der Waals surface area (Å²) in [4.78, 5) is 36.7. The Kier molecular flexibility index (Phi) is 5.67. The Hall–Kier alpha value is -3.85. The van der Waals surface area contributed by atoms with Crippen molar-refractivity contribution in [1.29, 1.82) is 0 Å². The van der Waals surface area contributed by atoms with E-state index < -0.39 is 7.60 Å². The Morgan fingerprint density at radius 2 is 1.65 bits per heavy atom. The first-order valence-corrected chi connectivity index (χ1v) is 13.8. The molecule has 10 nitrogen and oxygen atoms in total. The maximum atomic E-state index is 13.6. The number of anilines is 3. The fourth-order valence-electron chi connectivity index (χ4n) is 5.13. The quantitative estimate of drug-likeness (QED) is 0.245. The zero-order valence-corrected chi connectivity index (χ0v) is 20.7. The number of rotatable bonds is 6. The molecule has 2 heterocycles. The molecule has 0 spiro atoms. The standard InChI is InChI=1S/C26H25N4O6P/c31-17-7-5-16(6-8-17)29-10-12-30(13-11-29)21-15-20(27-9-14-37(33,34)35)22-23-24(21)28-36-26(23)19-4-2-1-3-18(19)25(22)32/h1-8,15,27,31H,9-14H2,(H2,33,34,35). The van der Waals surface area contributed by atoms with Gasteiger partial charge in [-0.25, -0.2) is 0 Å². The summed E-state index contributed by atoms with van der Waals surface area (Å²) in [6.45, 7) is 2.85. The van der Waals surface area contributed by atoms with Crippen LogP contribution in [0, 0.1) is 0 Å². The van der Waals surface area contributed by atoms with Crippen LogP contribution in [-0.2, 0) is 4.57 Å². The number of phenols is 1. The molecule has 1 aromatic heterocycles. The third-order valence-electron chi connectivity index (χ3n) is 6.93. The molecule has 4 aromatic rings. The number of ketones is 1. The van der Waals surface area contributed by atoms with Gasteiger partial charge in [-0.3, -0.25) is 9.36 Å². The summed E-state index contributed by atoms with van der Waals surface area (Å²) in [5.74, 6) is 0.560. The molecule has 2 aliphatic rings. The van der Waals surface area contributed by atoms with Crippen LogP contribution in [0.3, 0.4) is 0 Å². The van der Waals surface area contributed by atoms with E-state index in [-0.39, 0.29) is 24.2 Å². The second kappa shape index (κ2) is 8.92. The lowest BCUT2D eigenvalue weighted by Crippen LogP contribution is -2.46. The van der Waals surface area contributed by atoms with Crippen LogP contribution in [0.5, 0.6) is 5.75 Å². The molecule has 6 rings (SSSR count). The monoisotopic (exact) mass is 520 g/mol. The van der Waals surface area contributed by atoms with E-state index in [1.807, 2.05) is 30.3 Å². The van der Waals surface area contributed by atoms with E-state index in [0.29, 0.717) is 52.1 Å². The summed E-state index contributed by atoms with van der Waals surface area (Å²) in [5.41, 5.74) is 4.50. The molecule has 0 saturated carbocycles. The third-order valence-corrected chi connectivity index (χ3v) is 7.74. The number of hydrogen-bond donors (Lipinski definition) is 4. The van der Waals surface area contributed by atoms with E-state index in [4.69, 9.17) is 4.52 Å². The first kappa shape index (κ1) is 23.5. The normalized spacial score (nSPS) is 15.2. The molecule has 3 aromatic carbocycles. The van der Waals surface area contributed by atoms with Crippen molar-refractivity contribution in [1.82, 2.24) is 5.16 Å². The van der Waals surface area contributed by atoms with Gasteiger partial charge in [-0.1, -0.05) is 29.4 Å². The van der Waals surface area contributed by atoms with Gasteiger partial charge in [0.25, 0.3) is 0 Å². The molecule has 4 N–H and O–H groups in total. The van der Waals surface area contributed by atoms with Crippen LogP contribution < -0.4 is 15.1 Å². The molecule has 0 radical (unpaired) electrons. The summed E-state index contributed by atoms with van der Waals surface area (Å²) in [6, 6.07) is 16.2. The fourth-order valence-corrected chi connectivity index (χ4v) is 5.53. The first-order valence-electron chi connectivity index (χ1n) is 12.0. The van der Waals surface area contributed by atoms with Gasteiger partial charge in [-0.2, -0.15) is 0 Å². The number of fused-ring (bicyclic) bond motifs is 2. The average molecular weight is 520 g/mol. The zero-order valence-electron chi connectivity index (χ0n) is 19.8. The highest BCUT2D eigenvalue weighted by atomic mass is 31.2. The molecule has 190 valence electrons. The molecule has 1 aliphatic carbocycles. The Bertz CT molecular complexity index is 1550. The van der Waals surface area contributed by atoms with E-state index in [0.717, 1.165) is 24.5 Å². The van der Waals surface area contributed by atoms with Gasteiger partial charge >= 0.3 is 7.60 Å². The summed E-state index contributed by atoms with van der Waals surface area (Å²) in [5, 5.41) is 17.7. The average Bonchev–Trinajstić information content (AvgIpc) is 3.33. The lowest BCUT2D eigenvalue weighted by atomic mass is 9.86. The number of nitrogens with one attached hydrogen (secondary N) is 1. The van der Waals surface area contributed by atoms with Gasteiger partial charge in [-0.05, 0) is 30.3 Å². The molecule has 37 heavy (non-hydrogen) atoms. The second-order valence-electron chi connectivity index (χ2n) is 9.23. The van der Waals surface area contributed by atoms with Gasteiger partial charge in [0.05, 0.1) is 22.8 Å². The van der Waals surface area contributed by atoms with E-state index in [2.05, 4.69) is 20.3 Å². The van der Waals surface area contributed by atoms with Gasteiger partial charge in [0, 0.05) is 55.2 Å². The van der Waals surface area contributed by atoms with Crippen molar-refractivity contribution in [2.24, 2.45) is 0 Å². The highest BCUT2D eigenvalue weighted by molar-refractivity contribution is 7.51. The number of piperazine rings is 1. The molecule has 0 unspecified atom stereocenters. The smallest absolute Gasteiger partial charge is 0.327 e. The minimum Gasteiger partial charge on any atom is -0.508 e. The van der Waals surface area contributed by atoms with Gasteiger partial charge in [0.1, 0.15) is 11.3 Å². The summed E-state index contributed by atoms with van der Waals surface area (Å²) < 4.78 is 17.3. The van der Waals surface area contributed by atoms with Crippen LogP contribution in [0.2, 0.25) is 0 Å². The number of hydrogen-bond acceptors (Lipinski definition) is 8. The van der Waals surface area contributed by atoms with Crippen LogP contribution in [-0.4, -0.2) is 64.7 Å². The predicted molar refractivity (Wildman–Crippen MR) is 141 cm³/mol. The van der Waals surface area contributed by atoms with Gasteiger partial charge < -0.3 is 34.5 Å². The summed E-state index contributed by atoms with van der Waals surface area (Å²) in [7, 11) is -4.21. The van der Waals surface area contributed by atoms with Gasteiger partial charge in [0.2, 0.25) is 0 Å². The Balaban J connectivity index is 1.39. The zero-order chi connectivity index (χ0) is 25.7. The molecular weight excluding hydrogens is 495 g/mol. The van der Waals surface area contributed by atoms with E-state index >= 15 is 0 Å². The number of aromatic nitrogens is 1. The van der Waals surface area contributed by atoms with Crippen molar-refractivity contribution < 1.29 is 28.8 Å². The Morgan fingerprint density at radius 1 is 0.973 bits per heavy atom. The van der Waals surface area contributed by atoms with Crippen LogP contribution >= 0.6 is 7.60 Å². The SMILES string of the molecule is O=C1c2ccccc2-c2onc3c(N4CCN(c5ccc(O)cc5)CC4)cc(NCCP(=O)(O)O)c1c23. The molecular formula is C26H25N4O6P. The Morgan fingerprint density at radius 3 is 2.35 bits per heavy atom. The van der Waals surface area contributed by atoms with Crippen LogP contribution in [0.25, 0.3) is 22.2 Å². The number of aromatic hydroxyl groups is 1. The largest absolute Gasteiger partial charge is 0.508 e. The van der Waals surface area contributed by atoms with E-state index in [9.17, 15) is 24.3 Å². The number of carbonyl (C=O) groups is 1. The highest BCUT2D eigenvalue weighted by Crippen LogP contribution is 2.46. The summed E-state index contributed by atoms with van der Waals surface area (Å²) >= 11 is 0. The van der Waals surface area contributed by atoms with Gasteiger partial charge in [-0.15, -0.1) is 0 Å². The molecule has 1 aliphatic heterocycles. The molecule has 0 amide bonds. The number of phenolic OH excluding ortho intramolecular Hbond substituents is 1. The lowest BCUT2D eigenvalue weighted by Gasteiger charge is -2.37. The van der Waals surface area contributed by atoms with Crippen molar-refractivity contribution in [3.63, 3.8) is 0 Å². The number of nitrogens with zero attached hydrogens (tertiary/aromatic N) is 3. The number of carbonyl (C=O) groups excluding carboxylic acids is 1. The van der Waals surface area contributed by atoms with Crippen molar-refractivity contribution in [2.45, 2.75) is 0 Å². The molecule has 1 saturated heterocycles. The van der Waals surface area contributed by atoms with Crippen molar-refractivity contribution in [3.05, 3.63) is 65.7 Å². The van der Waals surface area contributed by atoms with Crippen molar-refractivity contribution in [2.75, 3.05) is 54.0 Å². The maximum absolute atomic E-state index is 13.6. The summed E-state index contributed by atoms with van der Waals surface area (Å²) in [6.07, 6.45) is -0.355. The first-order chi connectivity index (χ1) is 17.8. The minimum absolute atomic E-state index is 0.00634. The van der Waals surface area contributed by atoms with E-state index in [1.165, 1.54) is 0 Å². The Labute approximate surface area is 212 Å². The maximum Gasteiger partial charge on any atom is 0.327 e.